The maximum absolute atomic E-state index is 13.0. The van der Waals surface area contributed by atoms with Gasteiger partial charge >= 0.3 is 0 Å². The fourth-order valence-electron chi connectivity index (χ4n) is 9.15. The van der Waals surface area contributed by atoms with Crippen molar-refractivity contribution in [1.29, 1.82) is 0 Å². The number of hydrogen-bond donors (Lipinski definition) is 19. The highest BCUT2D eigenvalue weighted by molar-refractivity contribution is 5.73. The fraction of sp³-hybridized carbons (Fsp3) is 0.950. The molecule has 6 rings (SSSR count). The molecule has 0 aromatic heterocycles. The fourth-order valence-corrected chi connectivity index (χ4v) is 9.15. The summed E-state index contributed by atoms with van der Waals surface area (Å²) in [5, 5.41) is 186. The Balaban J connectivity index is 1.35. The first-order chi connectivity index (χ1) is 34.0. The van der Waals surface area contributed by atoms with Crippen LogP contribution >= 0.6 is 0 Å². The number of aliphatic hydroxyl groups excluding tert-OH is 17. The first-order valence-corrected chi connectivity index (χ1v) is 23.0. The summed E-state index contributed by atoms with van der Waals surface area (Å²) in [7, 11) is 0. The standard InChI is InChI=1S/C40H68N2O30/c1-9-19(49)24(54)27(57)37(63-9)71-33-18(42-11(3)48)36(67-15(7-46)31(33)69-38-28(58)25(55)20(50)12(4-43)65-38)62-8-16-23(53)34(72-39-29(59)26(56)21(51)13(5-44)66-39)30(60)40(68-16)70-32-17(41-10(2)47)35(61)64-14(6-45)22(32)52/h9,12-40,43-46,49-61H,4-8H2,1-3H3,(H,41,47)(H,42,48)/t9-,12+,13+,14+,15+,16+,17+,18+,19+,20-,21-,22-,23-,24+,25-,26-,27-,28+,29+,30+,31+,32+,33+,34-,35?,36+,37-,38-,39-,40-/m0/s1. The van der Waals surface area contributed by atoms with Gasteiger partial charge in [-0.2, -0.15) is 0 Å². The molecule has 0 aromatic carbocycles. The van der Waals surface area contributed by atoms with Crippen molar-refractivity contribution in [2.24, 2.45) is 0 Å². The molecule has 0 radical (unpaired) electrons. The summed E-state index contributed by atoms with van der Waals surface area (Å²) >= 11 is 0. The summed E-state index contributed by atoms with van der Waals surface area (Å²) in [6.45, 7) is -1.36. The summed E-state index contributed by atoms with van der Waals surface area (Å²) in [6.07, 6.45) is -52.6. The molecule has 19 N–H and O–H groups in total. The van der Waals surface area contributed by atoms with E-state index >= 15 is 0 Å². The van der Waals surface area contributed by atoms with Gasteiger partial charge in [0.1, 0.15) is 140 Å². The van der Waals surface area contributed by atoms with E-state index in [1.807, 2.05) is 0 Å². The summed E-state index contributed by atoms with van der Waals surface area (Å²) < 4.78 is 63.8. The van der Waals surface area contributed by atoms with Gasteiger partial charge in [0.2, 0.25) is 11.8 Å². The van der Waals surface area contributed by atoms with E-state index in [-0.39, 0.29) is 0 Å². The van der Waals surface area contributed by atoms with Crippen LogP contribution < -0.4 is 10.6 Å². The van der Waals surface area contributed by atoms with Gasteiger partial charge < -0.3 is 150 Å². The second-order valence-electron chi connectivity index (χ2n) is 18.3. The Bertz CT molecular complexity index is 1730. The minimum Gasteiger partial charge on any atom is -0.394 e. The van der Waals surface area contributed by atoms with Gasteiger partial charge in [-0.1, -0.05) is 0 Å². The Hall–Kier alpha value is -2.18. The van der Waals surface area contributed by atoms with E-state index in [4.69, 9.17) is 52.1 Å². The molecule has 0 aromatic rings. The first-order valence-electron chi connectivity index (χ1n) is 23.0. The predicted molar refractivity (Wildman–Crippen MR) is 221 cm³/mol. The highest BCUT2D eigenvalue weighted by Gasteiger charge is 2.58. The average Bonchev–Trinajstić information content (AvgIpc) is 3.34. The Morgan fingerprint density at radius 2 is 0.778 bits per heavy atom. The normalized spacial score (nSPS) is 50.3. The van der Waals surface area contributed by atoms with Gasteiger partial charge in [0, 0.05) is 13.8 Å². The van der Waals surface area contributed by atoms with Crippen LogP contribution in [0.3, 0.4) is 0 Å². The molecule has 0 spiro atoms. The molecule has 6 heterocycles. The van der Waals surface area contributed by atoms with E-state index in [9.17, 15) is 96.4 Å². The van der Waals surface area contributed by atoms with Gasteiger partial charge in [-0.15, -0.1) is 0 Å². The summed E-state index contributed by atoms with van der Waals surface area (Å²) in [5.74, 6) is -1.63. The van der Waals surface area contributed by atoms with Crippen LogP contribution in [-0.2, 0) is 61.7 Å². The molecule has 0 aliphatic carbocycles. The van der Waals surface area contributed by atoms with E-state index in [2.05, 4.69) is 10.6 Å². The predicted octanol–water partition coefficient (Wildman–Crippen LogP) is -12.8. The van der Waals surface area contributed by atoms with Crippen LogP contribution in [0.1, 0.15) is 20.8 Å². The van der Waals surface area contributed by atoms with Crippen LogP contribution in [0, 0.1) is 0 Å². The molecule has 72 heavy (non-hydrogen) atoms. The monoisotopic (exact) mass is 1060 g/mol. The summed E-state index contributed by atoms with van der Waals surface area (Å²) in [6, 6.07) is -3.37. The third-order valence-corrected chi connectivity index (χ3v) is 13.2. The first kappa shape index (κ1) is 59.1. The third-order valence-electron chi connectivity index (χ3n) is 13.2. The molecule has 30 atom stereocenters. The van der Waals surface area contributed by atoms with Crippen molar-refractivity contribution in [1.82, 2.24) is 10.6 Å². The number of nitrogens with one attached hydrogen (secondary N) is 2. The molecular formula is C40H68N2O30. The summed E-state index contributed by atoms with van der Waals surface area (Å²) in [5.41, 5.74) is 0. The number of hydrogen-bond acceptors (Lipinski definition) is 30. The van der Waals surface area contributed by atoms with Gasteiger partial charge in [0.25, 0.3) is 0 Å². The van der Waals surface area contributed by atoms with Crippen molar-refractivity contribution in [2.75, 3.05) is 33.0 Å². The number of carbonyl (C=O) groups is 2. The molecule has 0 bridgehead atoms. The van der Waals surface area contributed by atoms with Crippen LogP contribution in [-0.4, -0.2) is 316 Å². The van der Waals surface area contributed by atoms with Crippen molar-refractivity contribution < 1.29 is 149 Å². The van der Waals surface area contributed by atoms with Crippen LogP contribution in [0.5, 0.6) is 0 Å². The van der Waals surface area contributed by atoms with Gasteiger partial charge in [-0.05, 0) is 6.92 Å². The zero-order valence-corrected chi connectivity index (χ0v) is 38.8. The van der Waals surface area contributed by atoms with Crippen molar-refractivity contribution in [2.45, 2.75) is 205 Å². The van der Waals surface area contributed by atoms with Gasteiger partial charge in [-0.3, -0.25) is 9.59 Å². The van der Waals surface area contributed by atoms with E-state index in [0.717, 1.165) is 13.8 Å². The Labute approximate surface area is 408 Å². The van der Waals surface area contributed by atoms with Crippen molar-refractivity contribution in [3.05, 3.63) is 0 Å². The molecule has 1 unspecified atom stereocenters. The quantitative estimate of drug-likeness (QED) is 0.0643. The zero-order chi connectivity index (χ0) is 53.2. The molecule has 32 nitrogen and oxygen atoms in total. The van der Waals surface area contributed by atoms with Gasteiger partial charge in [-0.25, -0.2) is 0 Å². The Morgan fingerprint density at radius 1 is 0.389 bits per heavy atom. The zero-order valence-electron chi connectivity index (χ0n) is 38.8. The van der Waals surface area contributed by atoms with E-state index in [0.29, 0.717) is 0 Å². The second-order valence-corrected chi connectivity index (χ2v) is 18.3. The van der Waals surface area contributed by atoms with Crippen molar-refractivity contribution in [3.8, 4) is 0 Å². The maximum atomic E-state index is 13.0. The van der Waals surface area contributed by atoms with E-state index in [1.165, 1.54) is 6.92 Å². The number of amides is 2. The molecule has 0 saturated carbocycles. The largest absolute Gasteiger partial charge is 0.394 e. The van der Waals surface area contributed by atoms with Gasteiger partial charge in [0.15, 0.2) is 37.7 Å². The van der Waals surface area contributed by atoms with Crippen LogP contribution in [0.25, 0.3) is 0 Å². The smallest absolute Gasteiger partial charge is 0.217 e. The molecular weight excluding hydrogens is 988 g/mol. The van der Waals surface area contributed by atoms with Crippen LogP contribution in [0.4, 0.5) is 0 Å². The SMILES string of the molecule is CC(=O)N[C@H]1[C@H](OC[C@H]2O[C@@H](O[C@H]3[C@@H](O)[C@@H](CO)OC(O)[C@@H]3NC(C)=O)[C@H](O)[C@@H](O[C@@H]3O[C@H](CO)[C@H](O)[C@H](O)[C@H]3O)[C@H]2O)O[C@H](CO)[C@@H](O[C@@H]2O[C@H](CO)[C@H](O)[C@H](O)[C@H]2O)[C@@H]1O[C@@H]1O[C@@H](C)[C@@H](O)[C@@H](O)[C@@H]1O. The lowest BCUT2D eigenvalue weighted by Gasteiger charge is -2.50. The average molecular weight is 1060 g/mol. The molecule has 6 saturated heterocycles. The third kappa shape index (κ3) is 12.6. The topological polar surface area (TPSA) is 504 Å². The molecule has 32 heteroatoms. The highest BCUT2D eigenvalue weighted by atomic mass is 16.8. The minimum absolute atomic E-state index is 0.778. The number of ether oxygens (including phenoxy) is 11. The highest BCUT2D eigenvalue weighted by Crippen LogP contribution is 2.37. The lowest BCUT2D eigenvalue weighted by molar-refractivity contribution is -0.384. The van der Waals surface area contributed by atoms with E-state index < -0.39 is 229 Å². The molecule has 6 aliphatic heterocycles. The van der Waals surface area contributed by atoms with Crippen molar-refractivity contribution in [3.63, 3.8) is 0 Å². The molecule has 6 fully saturated rings. The lowest BCUT2D eigenvalue weighted by Crippen LogP contribution is -2.70. The molecule has 2 amide bonds. The Kier molecular flexibility index (Phi) is 20.8. The van der Waals surface area contributed by atoms with Crippen LogP contribution in [0.15, 0.2) is 0 Å². The second kappa shape index (κ2) is 25.3. The maximum Gasteiger partial charge on any atom is 0.217 e. The summed E-state index contributed by atoms with van der Waals surface area (Å²) in [4.78, 5) is 25.2. The lowest BCUT2D eigenvalue weighted by atomic mass is 9.94. The molecule has 418 valence electrons. The van der Waals surface area contributed by atoms with Crippen molar-refractivity contribution >= 4 is 11.8 Å². The van der Waals surface area contributed by atoms with E-state index in [1.54, 1.807) is 0 Å². The van der Waals surface area contributed by atoms with Gasteiger partial charge in [0.05, 0.1) is 39.1 Å². The minimum atomic E-state index is -2.23. The number of aliphatic hydroxyl groups is 17. The van der Waals surface area contributed by atoms with Crippen LogP contribution in [0.2, 0.25) is 0 Å². The molecule has 6 aliphatic rings. The Morgan fingerprint density at radius 3 is 1.29 bits per heavy atom. The number of rotatable bonds is 17. The number of carbonyl (C=O) groups excluding carboxylic acids is 2.